The molecular weight excluding hydrogens is 395 g/mol. The molecule has 1 aliphatic heterocycles. The van der Waals surface area contributed by atoms with Crippen molar-refractivity contribution in [2.24, 2.45) is 0 Å². The molecular formula is C21H22ClFN4O2. The van der Waals surface area contributed by atoms with E-state index in [2.05, 4.69) is 4.98 Å². The van der Waals surface area contributed by atoms with Gasteiger partial charge < -0.3 is 19.9 Å². The lowest BCUT2D eigenvalue weighted by Gasteiger charge is -2.30. The Morgan fingerprint density at radius 2 is 1.97 bits per heavy atom. The summed E-state index contributed by atoms with van der Waals surface area (Å²) >= 11 is 6.22. The first-order valence-corrected chi connectivity index (χ1v) is 9.94. The van der Waals surface area contributed by atoms with E-state index in [9.17, 15) is 9.18 Å². The molecule has 1 aliphatic rings. The Balaban J connectivity index is 1.98. The molecule has 8 heteroatoms. The molecule has 1 saturated heterocycles. The Bertz CT molecular complexity index is 1110. The molecule has 0 radical (unpaired) electrons. The normalized spacial score (nSPS) is 14.4. The number of nitrogens with zero attached hydrogens (tertiary/aromatic N) is 3. The van der Waals surface area contributed by atoms with Crippen LogP contribution in [0.15, 0.2) is 35.1 Å². The number of aromatic nitrogens is 2. The largest absolute Gasteiger partial charge is 0.481 e. The van der Waals surface area contributed by atoms with Crippen molar-refractivity contribution in [3.8, 4) is 5.88 Å². The molecule has 152 valence electrons. The zero-order valence-corrected chi connectivity index (χ0v) is 16.9. The van der Waals surface area contributed by atoms with E-state index in [-0.39, 0.29) is 22.7 Å². The number of ether oxygens (including phenoxy) is 1. The Morgan fingerprint density at radius 3 is 2.66 bits per heavy atom. The van der Waals surface area contributed by atoms with Crippen molar-refractivity contribution >= 4 is 34.0 Å². The van der Waals surface area contributed by atoms with Gasteiger partial charge in [0.05, 0.1) is 24.9 Å². The van der Waals surface area contributed by atoms with E-state index in [1.54, 1.807) is 18.2 Å². The molecule has 29 heavy (non-hydrogen) atoms. The summed E-state index contributed by atoms with van der Waals surface area (Å²) in [5, 5.41) is 0.267. The van der Waals surface area contributed by atoms with E-state index < -0.39 is 5.82 Å². The van der Waals surface area contributed by atoms with Crippen LogP contribution in [0.2, 0.25) is 5.02 Å². The third-order valence-corrected chi connectivity index (χ3v) is 5.71. The van der Waals surface area contributed by atoms with E-state index in [0.717, 1.165) is 32.4 Å². The SMILES string of the molecule is COc1ccc2c(n1)c(N)c(N1CCCCC1)c(=O)n2Cc1c(F)cccc1Cl. The number of rotatable bonds is 4. The van der Waals surface area contributed by atoms with Crippen molar-refractivity contribution in [2.45, 2.75) is 25.8 Å². The van der Waals surface area contributed by atoms with Gasteiger partial charge in [-0.3, -0.25) is 4.79 Å². The van der Waals surface area contributed by atoms with Gasteiger partial charge in [-0.25, -0.2) is 9.37 Å². The highest BCUT2D eigenvalue weighted by Crippen LogP contribution is 2.31. The van der Waals surface area contributed by atoms with E-state index in [4.69, 9.17) is 22.1 Å². The number of pyridine rings is 2. The molecule has 1 fully saturated rings. The summed E-state index contributed by atoms with van der Waals surface area (Å²) in [4.78, 5) is 20.0. The molecule has 0 bridgehead atoms. The van der Waals surface area contributed by atoms with Crippen LogP contribution in [0.3, 0.4) is 0 Å². The fourth-order valence-corrected chi connectivity index (χ4v) is 4.07. The topological polar surface area (TPSA) is 73.4 Å². The zero-order chi connectivity index (χ0) is 20.5. The van der Waals surface area contributed by atoms with Gasteiger partial charge in [0.15, 0.2) is 0 Å². The van der Waals surface area contributed by atoms with Crippen molar-refractivity contribution in [3.63, 3.8) is 0 Å². The van der Waals surface area contributed by atoms with Crippen molar-refractivity contribution in [3.05, 3.63) is 57.1 Å². The van der Waals surface area contributed by atoms with Crippen LogP contribution >= 0.6 is 11.6 Å². The lowest BCUT2D eigenvalue weighted by molar-refractivity contribution is 0.399. The van der Waals surface area contributed by atoms with Gasteiger partial charge in [0.2, 0.25) is 5.88 Å². The second kappa shape index (κ2) is 7.91. The predicted molar refractivity (Wildman–Crippen MR) is 114 cm³/mol. The fraction of sp³-hybridized carbons (Fsp3) is 0.333. The maximum atomic E-state index is 14.5. The summed E-state index contributed by atoms with van der Waals surface area (Å²) in [6.07, 6.45) is 3.10. The number of piperidine rings is 1. The second-order valence-electron chi connectivity index (χ2n) is 7.12. The zero-order valence-electron chi connectivity index (χ0n) is 16.1. The monoisotopic (exact) mass is 416 g/mol. The molecule has 6 nitrogen and oxygen atoms in total. The van der Waals surface area contributed by atoms with Crippen LogP contribution in [0.5, 0.6) is 5.88 Å². The summed E-state index contributed by atoms with van der Waals surface area (Å²) in [6.45, 7) is 1.47. The molecule has 1 aromatic carbocycles. The van der Waals surface area contributed by atoms with Crippen molar-refractivity contribution in [2.75, 3.05) is 30.8 Å². The second-order valence-corrected chi connectivity index (χ2v) is 7.53. The molecule has 2 aromatic heterocycles. The number of methoxy groups -OCH3 is 1. The molecule has 0 aliphatic carbocycles. The molecule has 0 spiro atoms. The molecule has 4 rings (SSSR count). The Hall–Kier alpha value is -2.80. The van der Waals surface area contributed by atoms with Crippen LogP contribution in [-0.4, -0.2) is 29.8 Å². The number of hydrogen-bond donors (Lipinski definition) is 1. The number of hydrogen-bond acceptors (Lipinski definition) is 5. The number of nitrogens with two attached hydrogens (primary N) is 1. The molecule has 0 atom stereocenters. The van der Waals surface area contributed by atoms with Crippen LogP contribution in [0.25, 0.3) is 11.0 Å². The van der Waals surface area contributed by atoms with Gasteiger partial charge in [-0.15, -0.1) is 0 Å². The smallest absolute Gasteiger partial charge is 0.277 e. The van der Waals surface area contributed by atoms with Gasteiger partial charge in [0, 0.05) is 29.7 Å². The Labute approximate surface area is 172 Å². The summed E-state index contributed by atoms with van der Waals surface area (Å²) in [6, 6.07) is 7.85. The minimum atomic E-state index is -0.463. The highest BCUT2D eigenvalue weighted by molar-refractivity contribution is 6.31. The summed E-state index contributed by atoms with van der Waals surface area (Å²) in [5.41, 5.74) is 8.09. The molecule has 2 N–H and O–H groups in total. The molecule has 3 aromatic rings. The Morgan fingerprint density at radius 1 is 1.21 bits per heavy atom. The minimum absolute atomic E-state index is 0.0179. The lowest BCUT2D eigenvalue weighted by atomic mass is 10.1. The van der Waals surface area contributed by atoms with Gasteiger partial charge >= 0.3 is 0 Å². The van der Waals surface area contributed by atoms with Crippen LogP contribution in [0, 0.1) is 5.82 Å². The third-order valence-electron chi connectivity index (χ3n) is 5.36. The fourth-order valence-electron chi connectivity index (χ4n) is 3.85. The first-order valence-electron chi connectivity index (χ1n) is 9.56. The number of anilines is 2. The minimum Gasteiger partial charge on any atom is -0.481 e. The van der Waals surface area contributed by atoms with Gasteiger partial charge in [-0.1, -0.05) is 17.7 Å². The number of benzene rings is 1. The average molecular weight is 417 g/mol. The average Bonchev–Trinajstić information content (AvgIpc) is 2.73. The quantitative estimate of drug-likeness (QED) is 0.700. The van der Waals surface area contributed by atoms with E-state index in [1.165, 1.54) is 23.8 Å². The van der Waals surface area contributed by atoms with E-state index in [1.807, 2.05) is 4.90 Å². The third kappa shape index (κ3) is 3.51. The van der Waals surface area contributed by atoms with Crippen LogP contribution < -0.4 is 20.9 Å². The predicted octanol–water partition coefficient (Wildman–Crippen LogP) is 3.82. The van der Waals surface area contributed by atoms with Crippen molar-refractivity contribution in [1.29, 1.82) is 0 Å². The molecule has 3 heterocycles. The van der Waals surface area contributed by atoms with Gasteiger partial charge in [-0.2, -0.15) is 0 Å². The van der Waals surface area contributed by atoms with Crippen molar-refractivity contribution < 1.29 is 9.13 Å². The molecule has 0 amide bonds. The first-order chi connectivity index (χ1) is 14.0. The number of nitrogen functional groups attached to an aromatic ring is 1. The highest BCUT2D eigenvalue weighted by Gasteiger charge is 2.23. The maximum Gasteiger partial charge on any atom is 0.277 e. The van der Waals surface area contributed by atoms with Gasteiger partial charge in [0.25, 0.3) is 5.56 Å². The lowest BCUT2D eigenvalue weighted by Crippen LogP contribution is -2.37. The highest BCUT2D eigenvalue weighted by atomic mass is 35.5. The summed E-state index contributed by atoms with van der Waals surface area (Å²) < 4.78 is 21.2. The number of halogens is 2. The first kappa shape index (κ1) is 19.5. The molecule has 0 unspecified atom stereocenters. The summed E-state index contributed by atoms with van der Waals surface area (Å²) in [5.74, 6) is -0.0710. The maximum absolute atomic E-state index is 14.5. The van der Waals surface area contributed by atoms with E-state index in [0.29, 0.717) is 28.3 Å². The van der Waals surface area contributed by atoms with E-state index >= 15 is 0 Å². The Kier molecular flexibility index (Phi) is 5.32. The van der Waals surface area contributed by atoms with Gasteiger partial charge in [-0.05, 0) is 37.5 Å². The van der Waals surface area contributed by atoms with Gasteiger partial charge in [0.1, 0.15) is 17.0 Å². The van der Waals surface area contributed by atoms with Crippen LogP contribution in [0.4, 0.5) is 15.8 Å². The van der Waals surface area contributed by atoms with Crippen LogP contribution in [0.1, 0.15) is 24.8 Å². The van der Waals surface area contributed by atoms with Crippen molar-refractivity contribution in [1.82, 2.24) is 9.55 Å². The summed E-state index contributed by atoms with van der Waals surface area (Å²) in [7, 11) is 1.52. The standard InChI is InChI=1S/C21H22ClFN4O2/c1-29-17-9-8-16-19(25-17)18(24)20(26-10-3-2-4-11-26)21(28)27(16)12-13-14(22)6-5-7-15(13)23/h5-9H,2-4,10-12,24H2,1H3. The number of fused-ring (bicyclic) bond motifs is 1. The molecule has 0 saturated carbocycles. The van der Waals surface area contributed by atoms with Crippen LogP contribution in [-0.2, 0) is 6.54 Å².